The van der Waals surface area contributed by atoms with Crippen LogP contribution in [-0.2, 0) is 11.2 Å². The molecule has 16 heavy (non-hydrogen) atoms. The van der Waals surface area contributed by atoms with E-state index in [1.807, 2.05) is 19.1 Å². The zero-order valence-electron chi connectivity index (χ0n) is 9.07. The number of hydrogen-bond donors (Lipinski definition) is 0. The van der Waals surface area contributed by atoms with E-state index >= 15 is 0 Å². The molecule has 0 amide bonds. The van der Waals surface area contributed by atoms with Crippen molar-refractivity contribution in [3.63, 3.8) is 0 Å². The SMILES string of the molecule is CC1Cc2cc(C=CC(=O)CCl)ccc2O1. The lowest BCUT2D eigenvalue weighted by Gasteiger charge is -2.01. The van der Waals surface area contributed by atoms with Crippen LogP contribution in [0.4, 0.5) is 0 Å². The highest BCUT2D eigenvalue weighted by Crippen LogP contribution is 2.29. The van der Waals surface area contributed by atoms with Crippen molar-refractivity contribution in [2.75, 3.05) is 5.88 Å². The van der Waals surface area contributed by atoms with Gasteiger partial charge < -0.3 is 4.74 Å². The fraction of sp³-hybridized carbons (Fsp3) is 0.308. The number of hydrogen-bond acceptors (Lipinski definition) is 2. The summed E-state index contributed by atoms with van der Waals surface area (Å²) in [5, 5.41) is 0. The normalized spacial score (nSPS) is 18.5. The van der Waals surface area contributed by atoms with Crippen molar-refractivity contribution in [2.24, 2.45) is 0 Å². The third-order valence-electron chi connectivity index (χ3n) is 2.51. The highest BCUT2D eigenvalue weighted by atomic mass is 35.5. The molecular weight excluding hydrogens is 224 g/mol. The van der Waals surface area contributed by atoms with Gasteiger partial charge in [-0.15, -0.1) is 11.6 Å². The van der Waals surface area contributed by atoms with Crippen LogP contribution in [0.15, 0.2) is 24.3 Å². The minimum Gasteiger partial charge on any atom is -0.490 e. The van der Waals surface area contributed by atoms with E-state index in [0.717, 1.165) is 17.7 Å². The molecule has 1 unspecified atom stereocenters. The summed E-state index contributed by atoms with van der Waals surface area (Å²) >= 11 is 5.41. The highest BCUT2D eigenvalue weighted by Gasteiger charge is 2.18. The Morgan fingerprint density at radius 2 is 2.44 bits per heavy atom. The first kappa shape index (κ1) is 11.2. The first-order valence-electron chi connectivity index (χ1n) is 5.25. The number of allylic oxidation sites excluding steroid dienone is 1. The van der Waals surface area contributed by atoms with Crippen molar-refractivity contribution < 1.29 is 9.53 Å². The van der Waals surface area contributed by atoms with E-state index in [2.05, 4.69) is 6.07 Å². The summed E-state index contributed by atoms with van der Waals surface area (Å²) < 4.78 is 5.60. The minimum absolute atomic E-state index is 0.0294. The van der Waals surface area contributed by atoms with Gasteiger partial charge in [0.25, 0.3) is 0 Å². The predicted octanol–water partition coefficient (Wildman–Crippen LogP) is 2.83. The molecule has 3 heteroatoms. The van der Waals surface area contributed by atoms with Crippen LogP contribution in [0.1, 0.15) is 18.1 Å². The predicted molar refractivity (Wildman–Crippen MR) is 65.0 cm³/mol. The monoisotopic (exact) mass is 236 g/mol. The smallest absolute Gasteiger partial charge is 0.170 e. The molecule has 1 heterocycles. The molecule has 0 saturated carbocycles. The fourth-order valence-corrected chi connectivity index (χ4v) is 1.87. The molecule has 1 aliphatic rings. The highest BCUT2D eigenvalue weighted by molar-refractivity contribution is 6.29. The lowest BCUT2D eigenvalue weighted by Crippen LogP contribution is -2.05. The molecular formula is C13H13ClO2. The zero-order chi connectivity index (χ0) is 11.5. The molecule has 84 valence electrons. The molecule has 0 N–H and O–H groups in total. The van der Waals surface area contributed by atoms with Crippen molar-refractivity contribution in [3.8, 4) is 5.75 Å². The van der Waals surface area contributed by atoms with Crippen molar-refractivity contribution in [1.29, 1.82) is 0 Å². The lowest BCUT2D eigenvalue weighted by molar-refractivity contribution is -0.112. The average Bonchev–Trinajstić information content (AvgIpc) is 2.65. The van der Waals surface area contributed by atoms with Gasteiger partial charge in [0.05, 0.1) is 5.88 Å². The Bertz CT molecular complexity index is 438. The zero-order valence-corrected chi connectivity index (χ0v) is 9.83. The number of carbonyl (C=O) groups is 1. The number of alkyl halides is 1. The fourth-order valence-electron chi connectivity index (χ4n) is 1.78. The van der Waals surface area contributed by atoms with Gasteiger partial charge in [0.2, 0.25) is 0 Å². The van der Waals surface area contributed by atoms with E-state index in [1.165, 1.54) is 11.6 Å². The molecule has 2 rings (SSSR count). The van der Waals surface area contributed by atoms with E-state index in [0.29, 0.717) is 0 Å². The Kier molecular flexibility index (Phi) is 3.30. The number of carbonyl (C=O) groups excluding carboxylic acids is 1. The average molecular weight is 237 g/mol. The van der Waals surface area contributed by atoms with Gasteiger partial charge in [-0.1, -0.05) is 12.1 Å². The molecule has 2 nitrogen and oxygen atoms in total. The summed E-state index contributed by atoms with van der Waals surface area (Å²) in [4.78, 5) is 11.0. The molecule has 1 aromatic rings. The molecule has 0 bridgehead atoms. The van der Waals surface area contributed by atoms with E-state index < -0.39 is 0 Å². The molecule has 0 spiro atoms. The van der Waals surface area contributed by atoms with E-state index in [1.54, 1.807) is 6.08 Å². The van der Waals surface area contributed by atoms with Crippen molar-refractivity contribution in [3.05, 3.63) is 35.4 Å². The van der Waals surface area contributed by atoms with Crippen LogP contribution < -0.4 is 4.74 Å². The van der Waals surface area contributed by atoms with Gasteiger partial charge in [0.1, 0.15) is 11.9 Å². The minimum atomic E-state index is -0.0771. The number of fused-ring (bicyclic) bond motifs is 1. The topological polar surface area (TPSA) is 26.3 Å². The largest absolute Gasteiger partial charge is 0.490 e. The maximum Gasteiger partial charge on any atom is 0.170 e. The molecule has 1 aromatic carbocycles. The van der Waals surface area contributed by atoms with E-state index in [4.69, 9.17) is 16.3 Å². The summed E-state index contributed by atoms with van der Waals surface area (Å²) in [7, 11) is 0. The van der Waals surface area contributed by atoms with Crippen LogP contribution in [0.25, 0.3) is 6.08 Å². The first-order chi connectivity index (χ1) is 7.69. The van der Waals surface area contributed by atoms with E-state index in [-0.39, 0.29) is 17.8 Å². The Morgan fingerprint density at radius 3 is 3.19 bits per heavy atom. The van der Waals surface area contributed by atoms with Crippen molar-refractivity contribution >= 4 is 23.5 Å². The maximum atomic E-state index is 11.0. The van der Waals surface area contributed by atoms with Crippen LogP contribution in [0.5, 0.6) is 5.75 Å². The van der Waals surface area contributed by atoms with Crippen LogP contribution >= 0.6 is 11.6 Å². The van der Waals surface area contributed by atoms with Crippen LogP contribution in [0.3, 0.4) is 0 Å². The standard InChI is InChI=1S/C13H13ClO2/c1-9-6-11-7-10(2-4-12(15)8-14)3-5-13(11)16-9/h2-5,7,9H,6,8H2,1H3. The number of rotatable bonds is 3. The molecule has 1 atom stereocenters. The third kappa shape index (κ3) is 2.45. The van der Waals surface area contributed by atoms with Crippen molar-refractivity contribution in [2.45, 2.75) is 19.4 Å². The number of halogens is 1. The summed E-state index contributed by atoms with van der Waals surface area (Å²) in [6.07, 6.45) is 4.47. The van der Waals surface area contributed by atoms with Gasteiger partial charge in [-0.2, -0.15) is 0 Å². The van der Waals surface area contributed by atoms with Gasteiger partial charge in [-0.3, -0.25) is 4.79 Å². The molecule has 0 aromatic heterocycles. The number of ether oxygens (including phenoxy) is 1. The van der Waals surface area contributed by atoms with Gasteiger partial charge in [0, 0.05) is 6.42 Å². The molecule has 0 radical (unpaired) electrons. The first-order valence-corrected chi connectivity index (χ1v) is 5.79. The summed E-state index contributed by atoms with van der Waals surface area (Å²) in [5.41, 5.74) is 2.21. The third-order valence-corrected chi connectivity index (χ3v) is 2.78. The molecule has 0 aliphatic carbocycles. The Morgan fingerprint density at radius 1 is 1.62 bits per heavy atom. The van der Waals surface area contributed by atoms with Gasteiger partial charge >= 0.3 is 0 Å². The van der Waals surface area contributed by atoms with Crippen LogP contribution in [-0.4, -0.2) is 17.8 Å². The molecule has 0 fully saturated rings. The Hall–Kier alpha value is -1.28. The second-order valence-corrected chi connectivity index (χ2v) is 4.20. The van der Waals surface area contributed by atoms with Crippen LogP contribution in [0, 0.1) is 0 Å². The van der Waals surface area contributed by atoms with Gasteiger partial charge in [0.15, 0.2) is 5.78 Å². The number of benzene rings is 1. The quantitative estimate of drug-likeness (QED) is 0.596. The van der Waals surface area contributed by atoms with Crippen molar-refractivity contribution in [1.82, 2.24) is 0 Å². The summed E-state index contributed by atoms with van der Waals surface area (Å²) in [6, 6.07) is 5.94. The maximum absolute atomic E-state index is 11.0. The van der Waals surface area contributed by atoms with E-state index in [9.17, 15) is 4.79 Å². The Labute approximate surface area is 99.9 Å². The summed E-state index contributed by atoms with van der Waals surface area (Å²) in [6.45, 7) is 2.05. The lowest BCUT2D eigenvalue weighted by atomic mass is 10.1. The molecule has 1 aliphatic heterocycles. The number of ketones is 1. The second-order valence-electron chi connectivity index (χ2n) is 3.93. The van der Waals surface area contributed by atoms with Gasteiger partial charge in [-0.25, -0.2) is 0 Å². The van der Waals surface area contributed by atoms with Crippen LogP contribution in [0.2, 0.25) is 0 Å². The van der Waals surface area contributed by atoms with Gasteiger partial charge in [-0.05, 0) is 36.3 Å². The Balaban J connectivity index is 2.17. The molecule has 0 saturated heterocycles. The summed E-state index contributed by atoms with van der Waals surface area (Å²) in [5.74, 6) is 0.904. The second kappa shape index (κ2) is 4.71.